The third kappa shape index (κ3) is 2.81. The second kappa shape index (κ2) is 7.99. The quantitative estimate of drug-likeness (QED) is 0.354. The molecular formula is C34H46O10. The minimum absolute atomic E-state index is 0.0316. The van der Waals surface area contributed by atoms with Gasteiger partial charge in [0.2, 0.25) is 5.79 Å². The number of hydrogen-bond acceptors (Lipinski definition) is 10. The van der Waals surface area contributed by atoms with Gasteiger partial charge in [0.1, 0.15) is 11.4 Å². The SMILES string of the molecule is CC1=C/C(=C\[C@H](C)[C@@]23OC(=O)C[C@]2(C)[C@@]2(C)C[C@]4(O)CC56OC(=O)C[C@@]5(C)O[C@@](C)(CO)[C@]6(C)CC[C@]4(C)[C@@]2(C)O3)OC1=O. The number of esters is 3. The van der Waals surface area contributed by atoms with E-state index in [1.165, 1.54) is 0 Å². The van der Waals surface area contributed by atoms with Crippen molar-refractivity contribution in [1.82, 2.24) is 0 Å². The molecule has 5 heterocycles. The van der Waals surface area contributed by atoms with Gasteiger partial charge in [-0.25, -0.2) is 4.79 Å². The van der Waals surface area contributed by atoms with E-state index in [2.05, 4.69) is 13.8 Å². The van der Waals surface area contributed by atoms with E-state index < -0.39 is 67.3 Å². The molecule has 1 unspecified atom stereocenters. The molecule has 2 aliphatic carbocycles. The summed E-state index contributed by atoms with van der Waals surface area (Å²) in [4.78, 5) is 38.4. The van der Waals surface area contributed by atoms with Gasteiger partial charge in [0.25, 0.3) is 0 Å². The van der Waals surface area contributed by atoms with Crippen LogP contribution in [0.1, 0.15) is 101 Å². The maximum atomic E-state index is 13.2. The normalized spacial score (nSPS) is 57.1. The summed E-state index contributed by atoms with van der Waals surface area (Å²) in [5.74, 6) is -2.67. The van der Waals surface area contributed by atoms with Crippen molar-refractivity contribution < 1.29 is 48.3 Å². The van der Waals surface area contributed by atoms with Crippen LogP contribution in [0.15, 0.2) is 23.5 Å². The van der Waals surface area contributed by atoms with E-state index in [1.807, 2.05) is 41.5 Å². The van der Waals surface area contributed by atoms with Crippen LogP contribution >= 0.6 is 0 Å². The van der Waals surface area contributed by atoms with Crippen molar-refractivity contribution in [3.8, 4) is 0 Å². The monoisotopic (exact) mass is 614 g/mol. The van der Waals surface area contributed by atoms with Gasteiger partial charge in [-0.2, -0.15) is 0 Å². The molecule has 0 bridgehead atoms. The van der Waals surface area contributed by atoms with Crippen molar-refractivity contribution in [2.75, 3.05) is 6.61 Å². The lowest BCUT2D eigenvalue weighted by Crippen LogP contribution is -2.61. The zero-order valence-corrected chi connectivity index (χ0v) is 27.3. The molecule has 11 atom stereocenters. The molecule has 0 aromatic heterocycles. The van der Waals surface area contributed by atoms with Crippen LogP contribution in [0.5, 0.6) is 0 Å². The van der Waals surface area contributed by atoms with E-state index in [4.69, 9.17) is 23.7 Å². The summed E-state index contributed by atoms with van der Waals surface area (Å²) in [5, 5.41) is 23.8. The van der Waals surface area contributed by atoms with E-state index in [1.54, 1.807) is 19.1 Å². The van der Waals surface area contributed by atoms with Crippen LogP contribution in [0.3, 0.4) is 0 Å². The predicted molar refractivity (Wildman–Crippen MR) is 154 cm³/mol. The lowest BCUT2D eigenvalue weighted by Gasteiger charge is -2.51. The molecule has 0 aromatic carbocycles. The van der Waals surface area contributed by atoms with Crippen LogP contribution in [0, 0.1) is 27.6 Å². The number of aliphatic hydroxyl groups is 2. The fourth-order valence-corrected chi connectivity index (χ4v) is 11.7. The summed E-state index contributed by atoms with van der Waals surface area (Å²) in [5.41, 5.74) is -8.53. The zero-order valence-electron chi connectivity index (χ0n) is 27.3. The van der Waals surface area contributed by atoms with Gasteiger partial charge < -0.3 is 33.9 Å². The molecule has 0 amide bonds. The number of rotatable bonds is 3. The highest BCUT2D eigenvalue weighted by Gasteiger charge is 2.91. The molecule has 0 aromatic rings. The largest absolute Gasteiger partial charge is 0.455 e. The minimum atomic E-state index is -1.40. The van der Waals surface area contributed by atoms with E-state index in [0.29, 0.717) is 24.2 Å². The van der Waals surface area contributed by atoms with E-state index >= 15 is 0 Å². The summed E-state index contributed by atoms with van der Waals surface area (Å²) in [6.45, 7) is 17.3. The zero-order chi connectivity index (χ0) is 32.4. The van der Waals surface area contributed by atoms with Crippen LogP contribution < -0.4 is 0 Å². The lowest BCUT2D eigenvalue weighted by atomic mass is 9.53. The first-order valence-electron chi connectivity index (χ1n) is 15.9. The van der Waals surface area contributed by atoms with Crippen LogP contribution in [0.4, 0.5) is 0 Å². The van der Waals surface area contributed by atoms with Crippen molar-refractivity contribution in [2.24, 2.45) is 27.6 Å². The molecule has 7 aliphatic rings. The molecule has 5 aliphatic heterocycles. The number of carbonyl (C=O) groups excluding carboxylic acids is 3. The molecule has 242 valence electrons. The Morgan fingerprint density at radius 2 is 1.50 bits per heavy atom. The fourth-order valence-electron chi connectivity index (χ4n) is 11.7. The molecule has 10 heteroatoms. The second-order valence-corrected chi connectivity index (χ2v) is 16.4. The Kier molecular flexibility index (Phi) is 5.51. The Balaban J connectivity index is 1.38. The van der Waals surface area contributed by atoms with Gasteiger partial charge in [-0.05, 0) is 59.1 Å². The highest BCUT2D eigenvalue weighted by atomic mass is 16.7. The number of cyclic esters (lactones) is 1. The Hall–Kier alpha value is -2.27. The molecule has 44 heavy (non-hydrogen) atoms. The number of ether oxygens (including phenoxy) is 5. The first kappa shape index (κ1) is 30.4. The molecule has 10 nitrogen and oxygen atoms in total. The predicted octanol–water partition coefficient (Wildman–Crippen LogP) is 4.01. The summed E-state index contributed by atoms with van der Waals surface area (Å²) in [7, 11) is 0. The highest BCUT2D eigenvalue weighted by Crippen LogP contribution is 2.83. The van der Waals surface area contributed by atoms with Gasteiger partial charge >= 0.3 is 17.9 Å². The number of allylic oxidation sites excluding steroid dienone is 1. The third-order valence-corrected chi connectivity index (χ3v) is 14.9. The Bertz CT molecular complexity index is 1490. The Morgan fingerprint density at radius 3 is 2.11 bits per heavy atom. The first-order chi connectivity index (χ1) is 20.1. The number of fused-ring (bicyclic) bond motifs is 5. The summed E-state index contributed by atoms with van der Waals surface area (Å²) in [6, 6.07) is 0. The molecule has 6 fully saturated rings. The lowest BCUT2D eigenvalue weighted by molar-refractivity contribution is -0.293. The van der Waals surface area contributed by atoms with Gasteiger partial charge in [0, 0.05) is 34.2 Å². The molecule has 2 N–H and O–H groups in total. The van der Waals surface area contributed by atoms with E-state index in [0.717, 1.165) is 0 Å². The molecule has 0 radical (unpaired) electrons. The second-order valence-electron chi connectivity index (χ2n) is 16.4. The summed E-state index contributed by atoms with van der Waals surface area (Å²) in [6.07, 6.45) is 4.93. The van der Waals surface area contributed by atoms with Crippen molar-refractivity contribution in [3.63, 3.8) is 0 Å². The average molecular weight is 615 g/mol. The van der Waals surface area contributed by atoms with Crippen LogP contribution in [0.2, 0.25) is 0 Å². The average Bonchev–Trinajstić information content (AvgIpc) is 3.55. The Labute approximate surface area is 258 Å². The minimum Gasteiger partial charge on any atom is -0.455 e. The third-order valence-electron chi connectivity index (χ3n) is 14.9. The van der Waals surface area contributed by atoms with Crippen molar-refractivity contribution >= 4 is 17.9 Å². The van der Waals surface area contributed by atoms with Gasteiger partial charge in [0.05, 0.1) is 41.7 Å². The van der Waals surface area contributed by atoms with Gasteiger partial charge in [-0.1, -0.05) is 34.6 Å². The summed E-state index contributed by atoms with van der Waals surface area (Å²) >= 11 is 0. The highest BCUT2D eigenvalue weighted by molar-refractivity contribution is 5.92. The van der Waals surface area contributed by atoms with E-state index in [9.17, 15) is 24.6 Å². The fraction of sp³-hybridized carbons (Fsp3) is 0.794. The maximum Gasteiger partial charge on any atom is 0.339 e. The molecule has 2 saturated carbocycles. The number of aliphatic hydroxyl groups excluding tert-OH is 1. The topological polar surface area (TPSA) is 138 Å². The van der Waals surface area contributed by atoms with E-state index in [-0.39, 0.29) is 44.2 Å². The number of carbonyl (C=O) groups is 3. The van der Waals surface area contributed by atoms with Gasteiger partial charge in [0.15, 0.2) is 5.60 Å². The molecular weight excluding hydrogens is 568 g/mol. The van der Waals surface area contributed by atoms with Crippen LogP contribution in [0.25, 0.3) is 0 Å². The summed E-state index contributed by atoms with van der Waals surface area (Å²) < 4.78 is 31.9. The Morgan fingerprint density at radius 1 is 0.864 bits per heavy atom. The first-order valence-corrected chi connectivity index (χ1v) is 15.9. The molecule has 7 rings (SSSR count). The van der Waals surface area contributed by atoms with Crippen molar-refractivity contribution in [2.45, 2.75) is 135 Å². The number of hydrogen-bond donors (Lipinski definition) is 2. The van der Waals surface area contributed by atoms with Crippen molar-refractivity contribution in [3.05, 3.63) is 23.5 Å². The van der Waals surface area contributed by atoms with Gasteiger partial charge in [-0.15, -0.1) is 0 Å². The smallest absolute Gasteiger partial charge is 0.339 e. The van der Waals surface area contributed by atoms with Crippen LogP contribution in [-0.2, 0) is 38.1 Å². The van der Waals surface area contributed by atoms with Gasteiger partial charge in [-0.3, -0.25) is 9.59 Å². The van der Waals surface area contributed by atoms with Crippen LogP contribution in [-0.4, -0.2) is 68.5 Å². The molecule has 4 saturated heterocycles. The van der Waals surface area contributed by atoms with Crippen molar-refractivity contribution in [1.29, 1.82) is 0 Å². The molecule has 1 spiro atoms. The standard InChI is InChI=1S/C34H46O10/c1-19-12-21(40-24(19)38)13-20(2)34-27(5,14-22(36)42-34)28(6)16-32(39)17-33-25(3,10-11-26(32,4)31(28,9)44-34)30(8,18-35)43-29(33,7)15-23(37)41-33/h12-13,20,35,39H,10-11,14-18H2,1-9H3/b21-13+/t20-,25-,26+,27+,28+,29+,30-,31+,32-,33?,34-/m0/s1. The maximum absolute atomic E-state index is 13.2.